The molecule has 138 valence electrons. The average Bonchev–Trinajstić information content (AvgIpc) is 2.70. The Hall–Kier alpha value is -2.73. The first-order valence-electron chi connectivity index (χ1n) is 8.81. The van der Waals surface area contributed by atoms with Gasteiger partial charge in [0, 0.05) is 17.2 Å². The Labute approximate surface area is 167 Å². The highest BCUT2D eigenvalue weighted by Crippen LogP contribution is 2.22. The highest BCUT2D eigenvalue weighted by Gasteiger charge is 2.20. The standard InChI is InChI=1S/C21H21BrN4O/c1-3-26(20(27)17-11-7-8-12-18(17)22)19-13-14-23-21(25-19)24-15(2)16-9-5-4-6-10-16/h4-15H,3H2,1-2H3,(H,23,24,25)/t15-/m0/s1. The smallest absolute Gasteiger partial charge is 0.260 e. The molecule has 6 heteroatoms. The van der Waals surface area contributed by atoms with Crippen LogP contribution in [-0.4, -0.2) is 22.4 Å². The fourth-order valence-corrected chi connectivity index (χ4v) is 3.23. The lowest BCUT2D eigenvalue weighted by molar-refractivity contribution is 0.0987. The molecule has 0 radical (unpaired) electrons. The van der Waals surface area contributed by atoms with Crippen LogP contribution >= 0.6 is 15.9 Å². The Morgan fingerprint density at radius 2 is 1.81 bits per heavy atom. The van der Waals surface area contributed by atoms with E-state index in [9.17, 15) is 4.79 Å². The van der Waals surface area contributed by atoms with Gasteiger partial charge in [0.2, 0.25) is 5.95 Å². The third-order valence-corrected chi connectivity index (χ3v) is 4.92. The van der Waals surface area contributed by atoms with Gasteiger partial charge in [-0.05, 0) is 53.5 Å². The van der Waals surface area contributed by atoms with E-state index in [0.29, 0.717) is 23.9 Å². The number of halogens is 1. The van der Waals surface area contributed by atoms with Crippen molar-refractivity contribution in [1.82, 2.24) is 9.97 Å². The summed E-state index contributed by atoms with van der Waals surface area (Å²) in [6.07, 6.45) is 1.67. The van der Waals surface area contributed by atoms with E-state index in [1.807, 2.05) is 43.3 Å². The topological polar surface area (TPSA) is 58.1 Å². The number of nitrogens with one attached hydrogen (secondary N) is 1. The Bertz CT molecular complexity index is 917. The summed E-state index contributed by atoms with van der Waals surface area (Å²) in [5.41, 5.74) is 1.74. The van der Waals surface area contributed by atoms with Gasteiger partial charge in [-0.2, -0.15) is 4.98 Å². The molecule has 2 aromatic carbocycles. The highest BCUT2D eigenvalue weighted by molar-refractivity contribution is 9.10. The van der Waals surface area contributed by atoms with Gasteiger partial charge in [-0.1, -0.05) is 42.5 Å². The number of carbonyl (C=O) groups is 1. The first kappa shape index (κ1) is 19.0. The fourth-order valence-electron chi connectivity index (χ4n) is 2.78. The number of anilines is 2. The molecule has 0 spiro atoms. The van der Waals surface area contributed by atoms with Crippen molar-refractivity contribution in [3.05, 3.63) is 82.5 Å². The Balaban J connectivity index is 1.83. The molecule has 27 heavy (non-hydrogen) atoms. The van der Waals surface area contributed by atoms with E-state index in [-0.39, 0.29) is 11.9 Å². The van der Waals surface area contributed by atoms with E-state index < -0.39 is 0 Å². The van der Waals surface area contributed by atoms with Crippen LogP contribution < -0.4 is 10.2 Å². The van der Waals surface area contributed by atoms with Crippen LogP contribution in [0, 0.1) is 0 Å². The van der Waals surface area contributed by atoms with E-state index in [1.165, 1.54) is 0 Å². The number of aromatic nitrogens is 2. The minimum atomic E-state index is -0.106. The van der Waals surface area contributed by atoms with Gasteiger partial charge in [-0.3, -0.25) is 9.69 Å². The molecule has 1 heterocycles. The summed E-state index contributed by atoms with van der Waals surface area (Å²) < 4.78 is 0.763. The van der Waals surface area contributed by atoms with Crippen molar-refractivity contribution >= 4 is 33.6 Å². The van der Waals surface area contributed by atoms with E-state index >= 15 is 0 Å². The zero-order valence-electron chi connectivity index (χ0n) is 15.3. The van der Waals surface area contributed by atoms with Crippen LogP contribution in [0.3, 0.4) is 0 Å². The lowest BCUT2D eigenvalue weighted by Gasteiger charge is -2.21. The number of rotatable bonds is 6. The lowest BCUT2D eigenvalue weighted by Crippen LogP contribution is -2.32. The van der Waals surface area contributed by atoms with Crippen LogP contribution in [0.1, 0.15) is 35.8 Å². The van der Waals surface area contributed by atoms with Crippen molar-refractivity contribution in [2.24, 2.45) is 0 Å². The summed E-state index contributed by atoms with van der Waals surface area (Å²) in [5.74, 6) is 0.948. The van der Waals surface area contributed by atoms with Gasteiger partial charge < -0.3 is 5.32 Å². The first-order valence-corrected chi connectivity index (χ1v) is 9.60. The van der Waals surface area contributed by atoms with Crippen molar-refractivity contribution in [2.75, 3.05) is 16.8 Å². The van der Waals surface area contributed by atoms with Crippen molar-refractivity contribution in [1.29, 1.82) is 0 Å². The first-order chi connectivity index (χ1) is 13.1. The average molecular weight is 425 g/mol. The Kier molecular flexibility index (Phi) is 6.19. The number of nitrogens with zero attached hydrogens (tertiary/aromatic N) is 3. The van der Waals surface area contributed by atoms with Gasteiger partial charge >= 0.3 is 0 Å². The summed E-state index contributed by atoms with van der Waals surface area (Å²) in [5, 5.41) is 3.30. The molecule has 0 aliphatic rings. The molecular weight excluding hydrogens is 404 g/mol. The van der Waals surface area contributed by atoms with Gasteiger partial charge in [0.05, 0.1) is 11.6 Å². The second-order valence-corrected chi connectivity index (χ2v) is 6.90. The Morgan fingerprint density at radius 3 is 2.52 bits per heavy atom. The van der Waals surface area contributed by atoms with Crippen molar-refractivity contribution < 1.29 is 4.79 Å². The maximum atomic E-state index is 13.0. The van der Waals surface area contributed by atoms with Crippen LogP contribution in [0.25, 0.3) is 0 Å². The second-order valence-electron chi connectivity index (χ2n) is 6.04. The van der Waals surface area contributed by atoms with Crippen molar-refractivity contribution in [3.8, 4) is 0 Å². The van der Waals surface area contributed by atoms with Crippen molar-refractivity contribution in [3.63, 3.8) is 0 Å². The molecule has 3 rings (SSSR count). The Morgan fingerprint density at radius 1 is 1.11 bits per heavy atom. The molecule has 1 amide bonds. The third-order valence-electron chi connectivity index (χ3n) is 4.23. The molecule has 1 N–H and O–H groups in total. The minimum Gasteiger partial charge on any atom is -0.348 e. The van der Waals surface area contributed by atoms with Crippen LogP contribution in [0.2, 0.25) is 0 Å². The van der Waals surface area contributed by atoms with Gasteiger partial charge in [-0.15, -0.1) is 0 Å². The summed E-state index contributed by atoms with van der Waals surface area (Å²) in [7, 11) is 0. The van der Waals surface area contributed by atoms with Crippen LogP contribution in [-0.2, 0) is 0 Å². The largest absolute Gasteiger partial charge is 0.348 e. The second kappa shape index (κ2) is 8.77. The normalized spacial score (nSPS) is 11.7. The summed E-state index contributed by atoms with van der Waals surface area (Å²) in [4.78, 5) is 23.5. The maximum absolute atomic E-state index is 13.0. The molecule has 0 saturated carbocycles. The van der Waals surface area contributed by atoms with Crippen LogP contribution in [0.4, 0.5) is 11.8 Å². The van der Waals surface area contributed by atoms with E-state index in [1.54, 1.807) is 23.2 Å². The quantitative estimate of drug-likeness (QED) is 0.599. The van der Waals surface area contributed by atoms with Gasteiger partial charge in [0.1, 0.15) is 5.82 Å². The number of carbonyl (C=O) groups excluding carboxylic acids is 1. The zero-order valence-corrected chi connectivity index (χ0v) is 16.8. The molecule has 0 unspecified atom stereocenters. The minimum absolute atomic E-state index is 0.0514. The highest BCUT2D eigenvalue weighted by atomic mass is 79.9. The maximum Gasteiger partial charge on any atom is 0.260 e. The molecule has 1 atom stereocenters. The molecule has 5 nitrogen and oxygen atoms in total. The monoisotopic (exact) mass is 424 g/mol. The molecule has 0 saturated heterocycles. The van der Waals surface area contributed by atoms with Gasteiger partial charge in [0.25, 0.3) is 5.91 Å². The molecule has 1 aromatic heterocycles. The number of hydrogen-bond donors (Lipinski definition) is 1. The van der Waals surface area contributed by atoms with E-state index in [4.69, 9.17) is 0 Å². The fraction of sp³-hybridized carbons (Fsp3) is 0.190. The van der Waals surface area contributed by atoms with Crippen LogP contribution in [0.15, 0.2) is 71.3 Å². The molecule has 0 aliphatic carbocycles. The molecule has 3 aromatic rings. The van der Waals surface area contributed by atoms with Gasteiger partial charge in [0.15, 0.2) is 0 Å². The van der Waals surface area contributed by atoms with Crippen molar-refractivity contribution in [2.45, 2.75) is 19.9 Å². The lowest BCUT2D eigenvalue weighted by atomic mass is 10.1. The zero-order chi connectivity index (χ0) is 19.2. The SMILES string of the molecule is CCN(C(=O)c1ccccc1Br)c1ccnc(N[C@@H](C)c2ccccc2)n1. The summed E-state index contributed by atoms with van der Waals surface area (Å²) in [6.45, 7) is 4.48. The predicted molar refractivity (Wildman–Crippen MR) is 112 cm³/mol. The molecule has 0 bridgehead atoms. The van der Waals surface area contributed by atoms with E-state index in [0.717, 1.165) is 10.0 Å². The third kappa shape index (κ3) is 4.52. The molecule has 0 fully saturated rings. The van der Waals surface area contributed by atoms with Crippen LogP contribution in [0.5, 0.6) is 0 Å². The summed E-state index contributed by atoms with van der Waals surface area (Å²) >= 11 is 3.45. The number of amides is 1. The predicted octanol–water partition coefficient (Wildman–Crippen LogP) is 5.08. The number of benzene rings is 2. The van der Waals surface area contributed by atoms with E-state index in [2.05, 4.69) is 50.3 Å². The molecular formula is C21H21BrN4O. The molecule has 0 aliphatic heterocycles. The number of hydrogen-bond acceptors (Lipinski definition) is 4. The summed E-state index contributed by atoms with van der Waals surface area (Å²) in [6, 6.07) is 19.3. The van der Waals surface area contributed by atoms with Gasteiger partial charge in [-0.25, -0.2) is 4.98 Å².